The van der Waals surface area contributed by atoms with Crippen molar-refractivity contribution in [3.05, 3.63) is 0 Å². The largest absolute Gasteiger partial charge is 0.425 e. The molecule has 4 amide bonds. The molecule has 0 spiro atoms. The van der Waals surface area contributed by atoms with E-state index < -0.39 is 45.9 Å². The lowest BCUT2D eigenvalue weighted by molar-refractivity contribution is -1.06. The number of hydrogen-bond donors (Lipinski definition) is 6. The van der Waals surface area contributed by atoms with Crippen molar-refractivity contribution >= 4 is 12.1 Å². The summed E-state index contributed by atoms with van der Waals surface area (Å²) in [7, 11) is 2.99. The van der Waals surface area contributed by atoms with Crippen LogP contribution in [0.5, 0.6) is 0 Å². The van der Waals surface area contributed by atoms with Crippen molar-refractivity contribution in [3.63, 3.8) is 0 Å². The maximum absolute atomic E-state index is 12.7. The third kappa shape index (κ3) is 3.93. The summed E-state index contributed by atoms with van der Waals surface area (Å²) in [5, 5.41) is 45.5. The first-order valence-corrected chi connectivity index (χ1v) is 8.81. The van der Waals surface area contributed by atoms with Crippen molar-refractivity contribution in [1.82, 2.24) is 10.6 Å². The van der Waals surface area contributed by atoms with Crippen molar-refractivity contribution in [3.8, 4) is 0 Å². The number of nitrogens with one attached hydrogen (secondary N) is 2. The number of aliphatic hydroxyl groups is 4. The Morgan fingerprint density at radius 3 is 1.44 bits per heavy atom. The van der Waals surface area contributed by atoms with Crippen LogP contribution < -0.4 is 10.6 Å². The fourth-order valence-corrected chi connectivity index (χ4v) is 3.78. The lowest BCUT2D eigenvalue weighted by Crippen LogP contribution is -2.70. The van der Waals surface area contributed by atoms with Gasteiger partial charge in [-0.15, -0.1) is 0 Å². The van der Waals surface area contributed by atoms with Gasteiger partial charge >= 0.3 is 12.1 Å². The quantitative estimate of drug-likeness (QED) is 0.173. The monoisotopic (exact) mass is 394 g/mol. The maximum atomic E-state index is 12.7. The highest BCUT2D eigenvalue weighted by atomic mass is 16.5. The molecule has 12 nitrogen and oxygen atoms in total. The Morgan fingerprint density at radius 2 is 1.19 bits per heavy atom. The van der Waals surface area contributed by atoms with E-state index in [9.17, 15) is 30.0 Å². The number of ether oxygens (including phenoxy) is 2. The minimum atomic E-state index is -1.54. The van der Waals surface area contributed by atoms with E-state index in [4.69, 9.17) is 9.47 Å². The smallest absolute Gasteiger partial charge is 0.384 e. The summed E-state index contributed by atoms with van der Waals surface area (Å²) < 4.78 is 8.63. The first-order valence-electron chi connectivity index (χ1n) is 8.81. The molecule has 27 heavy (non-hydrogen) atoms. The molecule has 0 aromatic heterocycles. The van der Waals surface area contributed by atoms with Gasteiger partial charge in [0.25, 0.3) is 0 Å². The van der Waals surface area contributed by atoms with Gasteiger partial charge in [0, 0.05) is 27.1 Å². The molecule has 0 aliphatic carbocycles. The molecule has 0 saturated carbocycles. The number of hydrogen-bond acceptors (Lipinski definition) is 8. The number of carbonyl (C=O) groups excluding carboxylic acids is 2. The van der Waals surface area contributed by atoms with Crippen LogP contribution in [0.25, 0.3) is 0 Å². The first kappa shape index (κ1) is 21.9. The highest BCUT2D eigenvalue weighted by molar-refractivity contribution is 5.71. The molecule has 2 fully saturated rings. The van der Waals surface area contributed by atoms with Gasteiger partial charge in [0.15, 0.2) is 0 Å². The zero-order valence-corrected chi connectivity index (χ0v) is 15.6. The molecule has 2 rings (SSSR count). The van der Waals surface area contributed by atoms with E-state index in [0.717, 1.165) is 0 Å². The van der Waals surface area contributed by atoms with Gasteiger partial charge in [0.05, 0.1) is 26.3 Å². The van der Waals surface area contributed by atoms with Gasteiger partial charge in [-0.2, -0.15) is 8.97 Å². The minimum absolute atomic E-state index is 0.0677. The Balaban J connectivity index is 2.38. The molecule has 6 unspecified atom stereocenters. The van der Waals surface area contributed by atoms with E-state index in [-0.39, 0.29) is 19.8 Å². The van der Waals surface area contributed by atoms with Crippen LogP contribution in [0.3, 0.4) is 0 Å². The van der Waals surface area contributed by atoms with Crippen LogP contribution in [0.4, 0.5) is 9.59 Å². The molecule has 2 heterocycles. The molecule has 156 valence electrons. The van der Waals surface area contributed by atoms with E-state index in [0.29, 0.717) is 26.1 Å². The SMILES string of the molecule is COCCC[N+]1(C[N+]2(CCCOC)C(=O)NC(O)C2O)C(=O)NC(O)C1O. The van der Waals surface area contributed by atoms with E-state index in [1.54, 1.807) is 0 Å². The van der Waals surface area contributed by atoms with Gasteiger partial charge < -0.3 is 29.9 Å². The van der Waals surface area contributed by atoms with Gasteiger partial charge in [-0.05, 0) is 0 Å². The molecule has 2 saturated heterocycles. The van der Waals surface area contributed by atoms with Crippen molar-refractivity contribution in [2.24, 2.45) is 0 Å². The summed E-state index contributed by atoms with van der Waals surface area (Å²) in [4.78, 5) is 25.3. The van der Waals surface area contributed by atoms with Crippen LogP contribution in [-0.4, -0.2) is 114 Å². The third-order valence-electron chi connectivity index (χ3n) is 5.25. The molecule has 0 aromatic carbocycles. The van der Waals surface area contributed by atoms with Crippen LogP contribution in [0, 0.1) is 0 Å². The maximum Gasteiger partial charge on any atom is 0.425 e. The fraction of sp³-hybridized carbons (Fsp3) is 0.867. The molecular weight excluding hydrogens is 364 g/mol. The number of urea groups is 2. The molecule has 6 atom stereocenters. The second-order valence-electron chi connectivity index (χ2n) is 6.97. The number of nitrogens with zero attached hydrogens (tertiary/aromatic N) is 2. The van der Waals surface area contributed by atoms with Crippen LogP contribution in [0.1, 0.15) is 12.8 Å². The number of quaternary nitrogens is 2. The Kier molecular flexibility index (Phi) is 7.10. The predicted octanol–water partition coefficient (Wildman–Crippen LogP) is -2.63. The van der Waals surface area contributed by atoms with Crippen molar-refractivity contribution in [1.29, 1.82) is 0 Å². The highest BCUT2D eigenvalue weighted by Crippen LogP contribution is 2.31. The summed E-state index contributed by atoms with van der Waals surface area (Å²) in [5.74, 6) is 0. The number of rotatable bonds is 10. The third-order valence-corrected chi connectivity index (χ3v) is 5.25. The molecule has 0 aromatic rings. The van der Waals surface area contributed by atoms with Gasteiger partial charge in [0.2, 0.25) is 31.6 Å². The number of methoxy groups -OCH3 is 2. The van der Waals surface area contributed by atoms with Crippen LogP contribution >= 0.6 is 0 Å². The number of aliphatic hydroxyl groups excluding tert-OH is 4. The summed E-state index contributed by atoms with van der Waals surface area (Å²) in [5.41, 5.74) is 0. The van der Waals surface area contributed by atoms with Crippen molar-refractivity contribution in [2.45, 2.75) is 37.8 Å². The van der Waals surface area contributed by atoms with Crippen LogP contribution in [0.2, 0.25) is 0 Å². The molecule has 2 aliphatic heterocycles. The number of carbonyl (C=O) groups is 2. The lowest BCUT2D eigenvalue weighted by Gasteiger charge is -2.41. The standard InChI is InChI=1S/C15H28N4O8/c1-26-7-3-5-18(12(22)10(20)16-14(18)24)9-19(6-4-8-27-2)13(23)11(21)17-15(19)25/h10-13,20-23H,3-9H2,1-2H3/p+2. The molecular formula is C15H30N4O8+2. The van der Waals surface area contributed by atoms with Gasteiger partial charge in [-0.25, -0.2) is 9.59 Å². The van der Waals surface area contributed by atoms with Gasteiger partial charge in [-0.1, -0.05) is 0 Å². The normalized spacial score (nSPS) is 38.9. The van der Waals surface area contributed by atoms with Crippen molar-refractivity contribution < 1.29 is 48.5 Å². The summed E-state index contributed by atoms with van der Waals surface area (Å²) in [6.07, 6.45) is -5.36. The zero-order valence-electron chi connectivity index (χ0n) is 15.6. The topological polar surface area (TPSA) is 158 Å². The summed E-state index contributed by atoms with van der Waals surface area (Å²) in [6, 6.07) is -1.34. The molecule has 0 radical (unpaired) electrons. The summed E-state index contributed by atoms with van der Waals surface area (Å²) in [6.45, 7) is 0.395. The average molecular weight is 394 g/mol. The first-order chi connectivity index (χ1) is 12.7. The minimum Gasteiger partial charge on any atom is -0.384 e. The Bertz CT molecular complexity index is 506. The van der Waals surface area contributed by atoms with Crippen LogP contribution in [0.15, 0.2) is 0 Å². The Hall–Kier alpha value is -1.38. The fourth-order valence-electron chi connectivity index (χ4n) is 3.78. The van der Waals surface area contributed by atoms with Crippen molar-refractivity contribution in [2.75, 3.05) is 47.2 Å². The predicted molar refractivity (Wildman–Crippen MR) is 89.2 cm³/mol. The van der Waals surface area contributed by atoms with E-state index in [2.05, 4.69) is 10.6 Å². The second-order valence-corrected chi connectivity index (χ2v) is 6.97. The highest BCUT2D eigenvalue weighted by Gasteiger charge is 2.65. The molecule has 6 N–H and O–H groups in total. The van der Waals surface area contributed by atoms with Crippen LogP contribution in [-0.2, 0) is 9.47 Å². The van der Waals surface area contributed by atoms with E-state index in [1.807, 2.05) is 0 Å². The number of amides is 4. The van der Waals surface area contributed by atoms with Gasteiger partial charge in [-0.3, -0.25) is 10.6 Å². The van der Waals surface area contributed by atoms with E-state index >= 15 is 0 Å². The molecule has 2 aliphatic rings. The molecule has 12 heteroatoms. The Labute approximate surface area is 157 Å². The van der Waals surface area contributed by atoms with Gasteiger partial charge in [0.1, 0.15) is 0 Å². The molecule has 0 bridgehead atoms. The second kappa shape index (κ2) is 8.75. The lowest BCUT2D eigenvalue weighted by atomic mass is 10.2. The Morgan fingerprint density at radius 1 is 0.815 bits per heavy atom. The van der Waals surface area contributed by atoms with E-state index in [1.165, 1.54) is 14.2 Å². The average Bonchev–Trinajstić information content (AvgIpc) is 2.95. The summed E-state index contributed by atoms with van der Waals surface area (Å²) >= 11 is 0. The zero-order chi connectivity index (χ0) is 20.2.